The van der Waals surface area contributed by atoms with Gasteiger partial charge in [-0.15, -0.1) is 11.3 Å². The maximum Gasteiger partial charge on any atom is 0.416 e. The van der Waals surface area contributed by atoms with E-state index in [1.54, 1.807) is 0 Å². The molecular formula is C21H25F3N4O3S. The molecule has 1 saturated heterocycles. The number of hydrogen-bond donors (Lipinski definition) is 2. The second-order valence-electron chi connectivity index (χ2n) is 7.55. The molecule has 0 spiro atoms. The monoisotopic (exact) mass is 470 g/mol. The summed E-state index contributed by atoms with van der Waals surface area (Å²) in [6.07, 6.45) is -3.13. The zero-order chi connectivity index (χ0) is 23.1. The highest BCUT2D eigenvalue weighted by atomic mass is 32.1. The summed E-state index contributed by atoms with van der Waals surface area (Å²) < 4.78 is 43.0. The Kier molecular flexibility index (Phi) is 8.08. The molecule has 1 aromatic heterocycles. The fraction of sp³-hybridized carbons (Fsp3) is 0.476. The summed E-state index contributed by atoms with van der Waals surface area (Å²) in [6, 6.07) is 5.03. The molecular weight excluding hydrogens is 445 g/mol. The van der Waals surface area contributed by atoms with E-state index in [2.05, 4.69) is 20.5 Å². The molecule has 2 N–H and O–H groups in total. The van der Waals surface area contributed by atoms with Crippen LogP contribution in [0.25, 0.3) is 11.3 Å². The summed E-state index contributed by atoms with van der Waals surface area (Å²) in [5.74, 6) is -0.0325. The number of thiazole rings is 1. The van der Waals surface area contributed by atoms with Crippen molar-refractivity contribution in [2.24, 2.45) is 5.92 Å². The number of benzene rings is 1. The van der Waals surface area contributed by atoms with Crippen molar-refractivity contribution in [2.75, 3.05) is 33.3 Å². The molecule has 0 atom stereocenters. The predicted molar refractivity (Wildman–Crippen MR) is 114 cm³/mol. The first-order chi connectivity index (χ1) is 15.2. The molecule has 174 valence electrons. The van der Waals surface area contributed by atoms with Crippen molar-refractivity contribution in [3.8, 4) is 11.3 Å². The molecule has 3 rings (SSSR count). The Hall–Kier alpha value is -2.66. The first-order valence-corrected chi connectivity index (χ1v) is 11.1. The lowest BCUT2D eigenvalue weighted by molar-refractivity contribution is -0.137. The number of likely N-dealkylation sites (tertiary alicyclic amines) is 1. The van der Waals surface area contributed by atoms with E-state index in [1.165, 1.54) is 30.5 Å². The molecule has 1 fully saturated rings. The van der Waals surface area contributed by atoms with Gasteiger partial charge in [0.2, 0.25) is 0 Å². The molecule has 11 heteroatoms. The number of alkyl halides is 3. The molecule has 0 saturated carbocycles. The summed E-state index contributed by atoms with van der Waals surface area (Å²) in [5, 5.41) is 7.84. The van der Waals surface area contributed by atoms with Gasteiger partial charge in [-0.05, 0) is 44.0 Å². The number of alkyl carbamates (subject to hydrolysis) is 1. The molecule has 2 amide bonds. The number of carbonyl (C=O) groups excluding carboxylic acids is 2. The van der Waals surface area contributed by atoms with Gasteiger partial charge in [0.05, 0.1) is 17.8 Å². The highest BCUT2D eigenvalue weighted by molar-refractivity contribution is 7.09. The Morgan fingerprint density at radius 1 is 1.22 bits per heavy atom. The van der Waals surface area contributed by atoms with Crippen molar-refractivity contribution in [3.05, 3.63) is 40.2 Å². The Bertz CT molecular complexity index is 910. The lowest BCUT2D eigenvalue weighted by atomic mass is 9.97. The molecule has 7 nitrogen and oxygen atoms in total. The SMILES string of the molecule is CNC(=O)COC(=O)NCC1CCN(Cc2nc(-c3ccc(C(F)(F)F)cc3)cs2)CC1. The van der Waals surface area contributed by atoms with E-state index in [1.807, 2.05) is 5.38 Å². The summed E-state index contributed by atoms with van der Waals surface area (Å²) in [7, 11) is 1.47. The highest BCUT2D eigenvalue weighted by Gasteiger charge is 2.30. The number of nitrogens with zero attached hydrogens (tertiary/aromatic N) is 2. The van der Waals surface area contributed by atoms with Crippen LogP contribution < -0.4 is 10.6 Å². The van der Waals surface area contributed by atoms with Gasteiger partial charge in [0.1, 0.15) is 5.01 Å². The van der Waals surface area contributed by atoms with Crippen LogP contribution >= 0.6 is 11.3 Å². The average Bonchev–Trinajstić information content (AvgIpc) is 3.25. The van der Waals surface area contributed by atoms with Crippen molar-refractivity contribution < 1.29 is 27.5 Å². The molecule has 32 heavy (non-hydrogen) atoms. The van der Waals surface area contributed by atoms with Gasteiger partial charge < -0.3 is 15.4 Å². The van der Waals surface area contributed by atoms with E-state index in [0.29, 0.717) is 30.3 Å². The van der Waals surface area contributed by atoms with Gasteiger partial charge in [-0.2, -0.15) is 13.2 Å². The number of likely N-dealkylation sites (N-methyl/N-ethyl adjacent to an activating group) is 1. The Balaban J connectivity index is 1.42. The number of aromatic nitrogens is 1. The quantitative estimate of drug-likeness (QED) is 0.647. The van der Waals surface area contributed by atoms with Gasteiger partial charge in [0.25, 0.3) is 5.91 Å². The van der Waals surface area contributed by atoms with Crippen LogP contribution in [-0.2, 0) is 22.3 Å². The number of carbonyl (C=O) groups is 2. The lowest BCUT2D eigenvalue weighted by Crippen LogP contribution is -2.39. The smallest absolute Gasteiger partial charge is 0.416 e. The third kappa shape index (κ3) is 6.92. The minimum Gasteiger partial charge on any atom is -0.439 e. The van der Waals surface area contributed by atoms with E-state index >= 15 is 0 Å². The van der Waals surface area contributed by atoms with Gasteiger partial charge >= 0.3 is 12.3 Å². The molecule has 0 radical (unpaired) electrons. The van der Waals surface area contributed by atoms with Crippen molar-refractivity contribution in [2.45, 2.75) is 25.6 Å². The van der Waals surface area contributed by atoms with Crippen LogP contribution in [0, 0.1) is 5.92 Å². The number of nitrogens with one attached hydrogen (secondary N) is 2. The number of amides is 2. The van der Waals surface area contributed by atoms with Crippen molar-refractivity contribution in [1.82, 2.24) is 20.5 Å². The van der Waals surface area contributed by atoms with Gasteiger partial charge in [0.15, 0.2) is 6.61 Å². The minimum atomic E-state index is -4.35. The summed E-state index contributed by atoms with van der Waals surface area (Å²) in [5.41, 5.74) is 0.662. The molecule has 1 aromatic carbocycles. The molecule has 0 aliphatic carbocycles. The summed E-state index contributed by atoms with van der Waals surface area (Å²) in [6.45, 7) is 2.59. The number of ether oxygens (including phenoxy) is 1. The maximum absolute atomic E-state index is 12.7. The third-order valence-electron chi connectivity index (χ3n) is 5.27. The van der Waals surface area contributed by atoms with Gasteiger partial charge in [-0.3, -0.25) is 9.69 Å². The standard InChI is InChI=1S/C21H25F3N4O3S/c1-25-18(29)12-31-20(30)26-10-14-6-8-28(9-7-14)11-19-27-17(13-32-19)15-2-4-16(5-3-15)21(22,23)24/h2-5,13-14H,6-12H2,1H3,(H,25,29)(H,26,30). The lowest BCUT2D eigenvalue weighted by Gasteiger charge is -2.31. The van der Waals surface area contributed by atoms with E-state index < -0.39 is 17.8 Å². The second kappa shape index (κ2) is 10.8. The number of hydrogen-bond acceptors (Lipinski definition) is 6. The van der Waals surface area contributed by atoms with Gasteiger partial charge in [0, 0.05) is 24.5 Å². The molecule has 1 aliphatic heterocycles. The van der Waals surface area contributed by atoms with Crippen molar-refractivity contribution in [3.63, 3.8) is 0 Å². The van der Waals surface area contributed by atoms with Crippen LogP contribution in [0.1, 0.15) is 23.4 Å². The minimum absolute atomic E-state index is 0.303. The Morgan fingerprint density at radius 2 is 1.91 bits per heavy atom. The first-order valence-electron chi connectivity index (χ1n) is 10.2. The number of rotatable bonds is 7. The number of halogens is 3. The molecule has 0 bridgehead atoms. The largest absolute Gasteiger partial charge is 0.439 e. The van der Waals surface area contributed by atoms with Crippen LogP contribution in [-0.4, -0.2) is 55.2 Å². The number of piperidine rings is 1. The van der Waals surface area contributed by atoms with Crippen LogP contribution in [0.4, 0.5) is 18.0 Å². The van der Waals surface area contributed by atoms with E-state index in [-0.39, 0.29) is 12.5 Å². The van der Waals surface area contributed by atoms with Crippen molar-refractivity contribution >= 4 is 23.3 Å². The molecule has 0 unspecified atom stereocenters. The summed E-state index contributed by atoms with van der Waals surface area (Å²) >= 11 is 1.49. The second-order valence-corrected chi connectivity index (χ2v) is 8.49. The van der Waals surface area contributed by atoms with Crippen molar-refractivity contribution in [1.29, 1.82) is 0 Å². The average molecular weight is 471 g/mol. The van der Waals surface area contributed by atoms with Crippen LogP contribution in [0.3, 0.4) is 0 Å². The zero-order valence-electron chi connectivity index (χ0n) is 17.6. The fourth-order valence-electron chi connectivity index (χ4n) is 3.37. The van der Waals surface area contributed by atoms with Crippen LogP contribution in [0.5, 0.6) is 0 Å². The highest BCUT2D eigenvalue weighted by Crippen LogP contribution is 2.31. The zero-order valence-corrected chi connectivity index (χ0v) is 18.4. The van der Waals surface area contributed by atoms with Crippen LogP contribution in [0.2, 0.25) is 0 Å². The van der Waals surface area contributed by atoms with E-state index in [4.69, 9.17) is 4.74 Å². The van der Waals surface area contributed by atoms with E-state index in [9.17, 15) is 22.8 Å². The topological polar surface area (TPSA) is 83.6 Å². The molecule has 2 heterocycles. The van der Waals surface area contributed by atoms with Crippen LogP contribution in [0.15, 0.2) is 29.6 Å². The molecule has 1 aliphatic rings. The Morgan fingerprint density at radius 3 is 2.53 bits per heavy atom. The predicted octanol–water partition coefficient (Wildman–Crippen LogP) is 3.51. The fourth-order valence-corrected chi connectivity index (χ4v) is 4.21. The van der Waals surface area contributed by atoms with E-state index in [0.717, 1.165) is 43.1 Å². The summed E-state index contributed by atoms with van der Waals surface area (Å²) in [4.78, 5) is 29.5. The molecule has 2 aromatic rings. The third-order valence-corrected chi connectivity index (χ3v) is 6.11. The normalized spacial score (nSPS) is 15.4. The van der Waals surface area contributed by atoms with Gasteiger partial charge in [-0.1, -0.05) is 12.1 Å². The first kappa shape index (κ1) is 24.0. The maximum atomic E-state index is 12.7. The van der Waals surface area contributed by atoms with Gasteiger partial charge in [-0.25, -0.2) is 9.78 Å². The Labute approximate surface area is 188 Å².